The Morgan fingerprint density at radius 2 is 2.27 bits per heavy atom. The molecule has 0 saturated carbocycles. The van der Waals surface area contributed by atoms with Gasteiger partial charge < -0.3 is 10.5 Å². The molecule has 1 aromatic heterocycles. The van der Waals surface area contributed by atoms with E-state index in [1.807, 2.05) is 13.8 Å². The molecule has 82 valence electrons. The van der Waals surface area contributed by atoms with Crippen LogP contribution in [0.25, 0.3) is 0 Å². The van der Waals surface area contributed by atoms with Crippen LogP contribution in [-0.4, -0.2) is 22.9 Å². The summed E-state index contributed by atoms with van der Waals surface area (Å²) < 4.78 is 5.10. The van der Waals surface area contributed by atoms with Crippen molar-refractivity contribution in [3.63, 3.8) is 0 Å². The number of nitrogens with zero attached hydrogens (tertiary/aromatic N) is 2. The molecule has 0 aliphatic carbocycles. The molecule has 3 N–H and O–H groups in total. The van der Waals surface area contributed by atoms with Crippen LogP contribution >= 0.6 is 0 Å². The summed E-state index contributed by atoms with van der Waals surface area (Å²) in [4.78, 5) is 8.50. The molecule has 0 spiro atoms. The number of hydrogen-bond acceptors (Lipinski definition) is 4. The summed E-state index contributed by atoms with van der Waals surface area (Å²) in [5.74, 6) is 1.64. The van der Waals surface area contributed by atoms with E-state index in [1.165, 1.54) is 0 Å². The molecule has 1 aromatic rings. The minimum atomic E-state index is 0.0710. The molecule has 0 amide bonds. The Morgan fingerprint density at radius 3 is 2.73 bits per heavy atom. The molecule has 1 heterocycles. The van der Waals surface area contributed by atoms with E-state index in [-0.39, 0.29) is 11.8 Å². The summed E-state index contributed by atoms with van der Waals surface area (Å²) in [5, 5.41) is 7.24. The topological polar surface area (TPSA) is 84.9 Å². The molecule has 0 radical (unpaired) electrons. The van der Waals surface area contributed by atoms with Crippen LogP contribution in [0.1, 0.15) is 31.3 Å². The highest BCUT2D eigenvalue weighted by Crippen LogP contribution is 2.18. The van der Waals surface area contributed by atoms with Gasteiger partial charge in [0.2, 0.25) is 0 Å². The Labute approximate surface area is 89.2 Å². The van der Waals surface area contributed by atoms with E-state index in [0.717, 1.165) is 5.82 Å². The monoisotopic (exact) mass is 208 g/mol. The Kier molecular flexibility index (Phi) is 3.60. The van der Waals surface area contributed by atoms with Gasteiger partial charge in [-0.15, -0.1) is 0 Å². The first kappa shape index (κ1) is 11.4. The quantitative estimate of drug-likeness (QED) is 0.573. The highest BCUT2D eigenvalue weighted by atomic mass is 16.5. The maximum absolute atomic E-state index is 7.24. The zero-order valence-electron chi connectivity index (χ0n) is 9.24. The molecule has 0 aliphatic heterocycles. The number of methoxy groups -OCH3 is 1. The maximum Gasteiger partial charge on any atom is 0.159 e. The molecule has 5 heteroatoms. The molecule has 1 rings (SSSR count). The predicted octanol–water partition coefficient (Wildman–Crippen LogP) is 1.09. The van der Waals surface area contributed by atoms with E-state index >= 15 is 0 Å². The van der Waals surface area contributed by atoms with E-state index < -0.39 is 0 Å². The third-order valence-corrected chi connectivity index (χ3v) is 1.94. The average Bonchev–Trinajstić information content (AvgIpc) is 2.16. The van der Waals surface area contributed by atoms with Gasteiger partial charge in [0.25, 0.3) is 0 Å². The Bertz CT molecular complexity index is 362. The van der Waals surface area contributed by atoms with Gasteiger partial charge in [-0.1, -0.05) is 13.8 Å². The van der Waals surface area contributed by atoms with E-state index in [4.69, 9.17) is 15.9 Å². The zero-order chi connectivity index (χ0) is 11.4. The van der Waals surface area contributed by atoms with Gasteiger partial charge >= 0.3 is 0 Å². The normalized spacial score (nSPS) is 10.4. The Morgan fingerprint density at radius 1 is 1.60 bits per heavy atom. The minimum absolute atomic E-state index is 0.0710. The SMILES string of the molecule is COc1cnc(C(C)C)nc1CC(=N)N. The summed E-state index contributed by atoms with van der Waals surface area (Å²) in [6.07, 6.45) is 1.92. The standard InChI is InChI=1S/C10H16N4O/c1-6(2)10-13-5-8(15-3)7(14-10)4-9(11)12/h5-6H,4H2,1-3H3,(H3,11,12). The lowest BCUT2D eigenvalue weighted by molar-refractivity contribution is 0.404. The Balaban J connectivity index is 3.07. The van der Waals surface area contributed by atoms with Gasteiger partial charge in [-0.2, -0.15) is 0 Å². The van der Waals surface area contributed by atoms with Gasteiger partial charge in [-0.25, -0.2) is 9.97 Å². The van der Waals surface area contributed by atoms with Crippen LogP contribution in [0.3, 0.4) is 0 Å². The van der Waals surface area contributed by atoms with Crippen LogP contribution in [0.5, 0.6) is 5.75 Å². The fraction of sp³-hybridized carbons (Fsp3) is 0.500. The smallest absolute Gasteiger partial charge is 0.159 e. The molecule has 0 saturated heterocycles. The molecule has 5 nitrogen and oxygen atoms in total. The second-order valence-electron chi connectivity index (χ2n) is 3.60. The zero-order valence-corrected chi connectivity index (χ0v) is 9.24. The molecule has 0 fully saturated rings. The predicted molar refractivity (Wildman–Crippen MR) is 58.3 cm³/mol. The number of nitrogens with one attached hydrogen (secondary N) is 1. The first-order chi connectivity index (χ1) is 7.04. The number of rotatable bonds is 4. The first-order valence-electron chi connectivity index (χ1n) is 4.77. The Hall–Kier alpha value is -1.65. The summed E-state index contributed by atoms with van der Waals surface area (Å²) in [5.41, 5.74) is 6.01. The van der Waals surface area contributed by atoms with Gasteiger partial charge in [0, 0.05) is 5.92 Å². The lowest BCUT2D eigenvalue weighted by atomic mass is 10.2. The third-order valence-electron chi connectivity index (χ3n) is 1.94. The van der Waals surface area contributed by atoms with Crippen molar-refractivity contribution in [1.82, 2.24) is 9.97 Å². The van der Waals surface area contributed by atoms with Crippen LogP contribution in [0.2, 0.25) is 0 Å². The molecule has 0 bridgehead atoms. The van der Waals surface area contributed by atoms with Crippen molar-refractivity contribution in [2.24, 2.45) is 5.73 Å². The van der Waals surface area contributed by atoms with Crippen molar-refractivity contribution >= 4 is 5.84 Å². The van der Waals surface area contributed by atoms with Gasteiger partial charge in [-0.3, -0.25) is 5.41 Å². The molecule has 0 unspecified atom stereocenters. The fourth-order valence-electron chi connectivity index (χ4n) is 1.18. The van der Waals surface area contributed by atoms with Gasteiger partial charge in [-0.05, 0) is 0 Å². The molecule has 15 heavy (non-hydrogen) atoms. The summed E-state index contributed by atoms with van der Waals surface area (Å²) in [6.45, 7) is 4.03. The molecule has 0 aromatic carbocycles. The lowest BCUT2D eigenvalue weighted by Crippen LogP contribution is -2.15. The maximum atomic E-state index is 7.24. The van der Waals surface area contributed by atoms with Crippen LogP contribution in [-0.2, 0) is 6.42 Å². The van der Waals surface area contributed by atoms with Crippen LogP contribution < -0.4 is 10.5 Å². The van der Waals surface area contributed by atoms with Crippen LogP contribution in [0.15, 0.2) is 6.20 Å². The van der Waals surface area contributed by atoms with Gasteiger partial charge in [0.15, 0.2) is 5.75 Å². The fourth-order valence-corrected chi connectivity index (χ4v) is 1.18. The van der Waals surface area contributed by atoms with Gasteiger partial charge in [0.05, 0.1) is 31.3 Å². The van der Waals surface area contributed by atoms with E-state index in [1.54, 1.807) is 13.3 Å². The van der Waals surface area contributed by atoms with E-state index in [9.17, 15) is 0 Å². The van der Waals surface area contributed by atoms with Crippen LogP contribution in [0.4, 0.5) is 0 Å². The highest BCUT2D eigenvalue weighted by Gasteiger charge is 2.10. The molecule has 0 aliphatic rings. The third kappa shape index (κ3) is 2.90. The van der Waals surface area contributed by atoms with E-state index in [0.29, 0.717) is 17.9 Å². The van der Waals surface area contributed by atoms with Crippen molar-refractivity contribution in [3.05, 3.63) is 17.7 Å². The highest BCUT2D eigenvalue weighted by molar-refractivity contribution is 5.79. The number of nitrogens with two attached hydrogens (primary N) is 1. The second-order valence-corrected chi connectivity index (χ2v) is 3.60. The number of hydrogen-bond donors (Lipinski definition) is 2. The number of aromatic nitrogens is 2. The summed E-state index contributed by atoms with van der Waals surface area (Å²) in [7, 11) is 1.55. The molecule has 0 atom stereocenters. The van der Waals surface area contributed by atoms with Gasteiger partial charge in [0.1, 0.15) is 5.82 Å². The number of amidine groups is 1. The van der Waals surface area contributed by atoms with Crippen molar-refractivity contribution in [2.75, 3.05) is 7.11 Å². The second kappa shape index (κ2) is 4.72. The van der Waals surface area contributed by atoms with Crippen molar-refractivity contribution in [2.45, 2.75) is 26.2 Å². The lowest BCUT2D eigenvalue weighted by Gasteiger charge is -2.09. The molecular weight excluding hydrogens is 192 g/mol. The van der Waals surface area contributed by atoms with Crippen molar-refractivity contribution < 1.29 is 4.74 Å². The minimum Gasteiger partial charge on any atom is -0.493 e. The van der Waals surface area contributed by atoms with E-state index in [2.05, 4.69) is 9.97 Å². The average molecular weight is 208 g/mol. The van der Waals surface area contributed by atoms with Crippen molar-refractivity contribution in [1.29, 1.82) is 5.41 Å². The number of ether oxygens (including phenoxy) is 1. The van der Waals surface area contributed by atoms with Crippen molar-refractivity contribution in [3.8, 4) is 5.75 Å². The molecular formula is C10H16N4O. The van der Waals surface area contributed by atoms with Crippen LogP contribution in [0, 0.1) is 5.41 Å². The summed E-state index contributed by atoms with van der Waals surface area (Å²) >= 11 is 0. The summed E-state index contributed by atoms with van der Waals surface area (Å²) in [6, 6.07) is 0. The first-order valence-corrected chi connectivity index (χ1v) is 4.77. The largest absolute Gasteiger partial charge is 0.493 e.